The fourth-order valence-corrected chi connectivity index (χ4v) is 3.27. The van der Waals surface area contributed by atoms with Crippen LogP contribution in [0.5, 0.6) is 5.75 Å². The van der Waals surface area contributed by atoms with E-state index in [1.807, 2.05) is 31.2 Å². The van der Waals surface area contributed by atoms with Gasteiger partial charge in [0.25, 0.3) is 5.91 Å². The molecule has 2 aromatic carbocycles. The molecule has 3 aromatic rings. The number of nitrogens with zero attached hydrogens (tertiary/aromatic N) is 1. The van der Waals surface area contributed by atoms with Crippen LogP contribution in [0.1, 0.15) is 28.8 Å². The molecule has 28 heavy (non-hydrogen) atoms. The Kier molecular flexibility index (Phi) is 5.12. The van der Waals surface area contributed by atoms with Crippen molar-refractivity contribution >= 4 is 22.6 Å². The van der Waals surface area contributed by atoms with Crippen LogP contribution in [0, 0.1) is 6.92 Å². The number of aromatic hydroxyl groups is 1. The second kappa shape index (κ2) is 7.86. The number of nitrogens with one attached hydrogen (secondary N) is 1. The van der Waals surface area contributed by atoms with E-state index in [2.05, 4.69) is 10.3 Å². The van der Waals surface area contributed by atoms with Crippen molar-refractivity contribution in [2.24, 2.45) is 4.99 Å². The van der Waals surface area contributed by atoms with Crippen molar-refractivity contribution in [3.8, 4) is 5.75 Å². The number of benzene rings is 2. The monoisotopic (exact) mass is 378 g/mol. The van der Waals surface area contributed by atoms with Crippen molar-refractivity contribution in [1.82, 2.24) is 5.32 Å². The molecule has 0 bridgehead atoms. The summed E-state index contributed by atoms with van der Waals surface area (Å²) in [5.74, 6) is -0.172. The Balaban J connectivity index is 1.76. The summed E-state index contributed by atoms with van der Waals surface area (Å²) in [5.41, 5.74) is 2.76. The SMILES string of the molecule is Cc1cccc(N=c2oc3cc(O)ccc3cc2C(=O)NC[C@H]2CCCO2)c1. The molecule has 1 aliphatic rings. The van der Waals surface area contributed by atoms with Gasteiger partial charge in [-0.25, -0.2) is 4.99 Å². The van der Waals surface area contributed by atoms with Crippen molar-refractivity contribution in [2.45, 2.75) is 25.9 Å². The van der Waals surface area contributed by atoms with Gasteiger partial charge in [0.2, 0.25) is 5.55 Å². The van der Waals surface area contributed by atoms with Gasteiger partial charge < -0.3 is 19.6 Å². The van der Waals surface area contributed by atoms with E-state index in [9.17, 15) is 9.90 Å². The summed E-state index contributed by atoms with van der Waals surface area (Å²) < 4.78 is 11.5. The maximum Gasteiger partial charge on any atom is 0.256 e. The summed E-state index contributed by atoms with van der Waals surface area (Å²) in [5, 5.41) is 13.4. The Morgan fingerprint density at radius 2 is 2.14 bits per heavy atom. The van der Waals surface area contributed by atoms with Crippen LogP contribution in [0.2, 0.25) is 0 Å². The molecule has 2 N–H and O–H groups in total. The van der Waals surface area contributed by atoms with Gasteiger partial charge in [-0.05, 0) is 55.7 Å². The first-order valence-corrected chi connectivity index (χ1v) is 9.36. The third kappa shape index (κ3) is 4.07. The van der Waals surface area contributed by atoms with Crippen LogP contribution in [0.4, 0.5) is 5.69 Å². The van der Waals surface area contributed by atoms with Gasteiger partial charge in [0.15, 0.2) is 0 Å². The number of ether oxygens (including phenoxy) is 1. The molecular weight excluding hydrogens is 356 g/mol. The summed E-state index contributed by atoms with van der Waals surface area (Å²) in [6, 6.07) is 14.2. The van der Waals surface area contributed by atoms with Crippen molar-refractivity contribution in [2.75, 3.05) is 13.2 Å². The zero-order valence-corrected chi connectivity index (χ0v) is 15.6. The van der Waals surface area contributed by atoms with Gasteiger partial charge in [0, 0.05) is 24.6 Å². The maximum absolute atomic E-state index is 12.9. The summed E-state index contributed by atoms with van der Waals surface area (Å²) in [6.45, 7) is 3.17. The number of hydrogen-bond acceptors (Lipinski definition) is 5. The Morgan fingerprint density at radius 3 is 2.93 bits per heavy atom. The Morgan fingerprint density at radius 1 is 1.25 bits per heavy atom. The molecule has 1 atom stereocenters. The lowest BCUT2D eigenvalue weighted by molar-refractivity contribution is 0.0854. The summed E-state index contributed by atoms with van der Waals surface area (Å²) in [7, 11) is 0. The zero-order chi connectivity index (χ0) is 19.5. The second-order valence-electron chi connectivity index (χ2n) is 6.98. The van der Waals surface area contributed by atoms with Crippen molar-refractivity contribution in [3.05, 3.63) is 65.2 Å². The van der Waals surface area contributed by atoms with Crippen LogP contribution in [0.25, 0.3) is 11.0 Å². The number of aryl methyl sites for hydroxylation is 1. The van der Waals surface area contributed by atoms with Crippen LogP contribution in [0.3, 0.4) is 0 Å². The average molecular weight is 378 g/mol. The fraction of sp³-hybridized carbons (Fsp3) is 0.273. The molecule has 4 rings (SSSR count). The minimum atomic E-state index is -0.263. The highest BCUT2D eigenvalue weighted by Crippen LogP contribution is 2.20. The highest BCUT2D eigenvalue weighted by atomic mass is 16.5. The molecule has 1 fully saturated rings. The molecule has 1 saturated heterocycles. The average Bonchev–Trinajstić information content (AvgIpc) is 3.19. The molecular formula is C22H22N2O4. The molecule has 2 heterocycles. The van der Waals surface area contributed by atoms with Crippen LogP contribution in [-0.4, -0.2) is 30.3 Å². The van der Waals surface area contributed by atoms with Crippen LogP contribution < -0.4 is 10.9 Å². The lowest BCUT2D eigenvalue weighted by atomic mass is 10.1. The van der Waals surface area contributed by atoms with E-state index < -0.39 is 0 Å². The predicted molar refractivity (Wildman–Crippen MR) is 106 cm³/mol. The number of rotatable bonds is 4. The number of fused-ring (bicyclic) bond motifs is 1. The molecule has 0 saturated carbocycles. The van der Waals surface area contributed by atoms with Crippen LogP contribution >= 0.6 is 0 Å². The number of hydrogen-bond donors (Lipinski definition) is 2. The normalized spacial score (nSPS) is 17.2. The minimum absolute atomic E-state index is 0.0513. The smallest absolute Gasteiger partial charge is 0.256 e. The number of phenols is 1. The number of phenolic OH excluding ortho intramolecular Hbond substituents is 1. The van der Waals surface area contributed by atoms with Crippen molar-refractivity contribution in [1.29, 1.82) is 0 Å². The largest absolute Gasteiger partial charge is 0.508 e. The van der Waals surface area contributed by atoms with E-state index in [0.29, 0.717) is 28.8 Å². The van der Waals surface area contributed by atoms with Crippen LogP contribution in [-0.2, 0) is 4.74 Å². The molecule has 1 aromatic heterocycles. The van der Waals surface area contributed by atoms with Gasteiger partial charge in [-0.1, -0.05) is 12.1 Å². The lowest BCUT2D eigenvalue weighted by Crippen LogP contribution is -2.34. The van der Waals surface area contributed by atoms with Crippen molar-refractivity contribution < 1.29 is 19.1 Å². The molecule has 0 unspecified atom stereocenters. The van der Waals surface area contributed by atoms with Crippen LogP contribution in [0.15, 0.2) is 57.9 Å². The topological polar surface area (TPSA) is 84.1 Å². The molecule has 144 valence electrons. The second-order valence-corrected chi connectivity index (χ2v) is 6.98. The standard InChI is InChI=1S/C22H22N2O4/c1-14-4-2-5-16(10-14)24-22-19(21(26)23-13-18-6-3-9-27-18)11-15-7-8-17(25)12-20(15)28-22/h2,4-5,7-8,10-12,18,25H,3,6,9,13H2,1H3,(H,23,26)/t18-/m1/s1. The zero-order valence-electron chi connectivity index (χ0n) is 15.6. The fourth-order valence-electron chi connectivity index (χ4n) is 3.27. The maximum atomic E-state index is 12.9. The molecule has 0 spiro atoms. The summed E-state index contributed by atoms with van der Waals surface area (Å²) in [6.07, 6.45) is 2.02. The van der Waals surface area contributed by atoms with Gasteiger partial charge in [0.1, 0.15) is 16.9 Å². The third-order valence-corrected chi connectivity index (χ3v) is 4.73. The summed E-state index contributed by atoms with van der Waals surface area (Å²) >= 11 is 0. The molecule has 0 radical (unpaired) electrons. The Bertz CT molecular complexity index is 1080. The predicted octanol–water partition coefficient (Wildman–Crippen LogP) is 3.59. The van der Waals surface area contributed by atoms with E-state index in [0.717, 1.165) is 25.0 Å². The van der Waals surface area contributed by atoms with Crippen molar-refractivity contribution in [3.63, 3.8) is 0 Å². The van der Waals surface area contributed by atoms with Gasteiger partial charge >= 0.3 is 0 Å². The first kappa shape index (κ1) is 18.3. The Labute approximate surface area is 162 Å². The van der Waals surface area contributed by atoms with E-state index in [1.54, 1.807) is 18.2 Å². The first-order chi connectivity index (χ1) is 13.6. The first-order valence-electron chi connectivity index (χ1n) is 9.36. The third-order valence-electron chi connectivity index (χ3n) is 4.73. The molecule has 1 amide bonds. The molecule has 6 heteroatoms. The van der Waals surface area contributed by atoms with E-state index >= 15 is 0 Å². The number of carbonyl (C=O) groups excluding carboxylic acids is 1. The van der Waals surface area contributed by atoms with Gasteiger partial charge in [0.05, 0.1) is 11.8 Å². The highest BCUT2D eigenvalue weighted by molar-refractivity contribution is 5.96. The number of amides is 1. The molecule has 6 nitrogen and oxygen atoms in total. The summed E-state index contributed by atoms with van der Waals surface area (Å²) in [4.78, 5) is 17.4. The van der Waals surface area contributed by atoms with Gasteiger partial charge in [-0.15, -0.1) is 0 Å². The quantitative estimate of drug-likeness (QED) is 0.727. The number of carbonyl (C=O) groups is 1. The van der Waals surface area contributed by atoms with Gasteiger partial charge in [-0.2, -0.15) is 0 Å². The molecule has 0 aliphatic carbocycles. The van der Waals surface area contributed by atoms with E-state index in [1.165, 1.54) is 6.07 Å². The highest BCUT2D eigenvalue weighted by Gasteiger charge is 2.18. The molecule has 1 aliphatic heterocycles. The minimum Gasteiger partial charge on any atom is -0.508 e. The van der Waals surface area contributed by atoms with E-state index in [4.69, 9.17) is 9.15 Å². The van der Waals surface area contributed by atoms with E-state index in [-0.39, 0.29) is 23.3 Å². The Hall–Kier alpha value is -3.12. The van der Waals surface area contributed by atoms with Gasteiger partial charge in [-0.3, -0.25) is 4.79 Å². The lowest BCUT2D eigenvalue weighted by Gasteiger charge is -2.11.